The number of aliphatic hydroxyl groups excluding tert-OH is 8. The monoisotopic (exact) mass is 696 g/mol. The number of hydrogen-bond donors (Lipinski definition) is 11. The van der Waals surface area contributed by atoms with Crippen LogP contribution in [0.25, 0.3) is 22.3 Å². The Morgan fingerprint density at radius 3 is 1.90 bits per heavy atom. The van der Waals surface area contributed by atoms with Crippen LogP contribution < -0.4 is 10.2 Å². The standard InChI is InChI=1S/C32H40O17/c1-32(2,49-31-27(44)24(41)21(38)18(11-34)47-31)8-7-14-16(45-30-26(43)23(40)20(37)17(10-33)46-30)9-15(36)19-22(39)25(42)28(48-29(14)19)12-3-5-13(35)6-4-12/h3-6,9,17-18,20-21,23-24,26-27,30-31,33-38,40-44H,7-8,10-11H2,1-2H3/t17-,18+,20-,21+,23+,24-,26-,27+,30-,31-/m1/s1. The smallest absolute Gasteiger partial charge is 0.238 e. The van der Waals surface area contributed by atoms with Crippen LogP contribution in [0.1, 0.15) is 25.8 Å². The number of aryl methyl sites for hydroxylation is 1. The van der Waals surface area contributed by atoms with Gasteiger partial charge in [0.1, 0.15) is 77.0 Å². The zero-order valence-corrected chi connectivity index (χ0v) is 26.4. The van der Waals surface area contributed by atoms with E-state index in [4.69, 9.17) is 23.4 Å². The summed E-state index contributed by atoms with van der Waals surface area (Å²) in [6, 6.07) is 6.29. The van der Waals surface area contributed by atoms with E-state index in [0.717, 1.165) is 6.07 Å². The van der Waals surface area contributed by atoms with Crippen LogP contribution in [0, 0.1) is 0 Å². The van der Waals surface area contributed by atoms with Crippen molar-refractivity contribution < 1.29 is 79.5 Å². The van der Waals surface area contributed by atoms with Gasteiger partial charge in [-0.05, 0) is 51.0 Å². The second-order valence-corrected chi connectivity index (χ2v) is 12.6. The minimum atomic E-state index is -1.85. The Labute approximate surface area is 278 Å². The van der Waals surface area contributed by atoms with Crippen molar-refractivity contribution in [1.82, 2.24) is 0 Å². The van der Waals surface area contributed by atoms with Crippen LogP contribution >= 0.6 is 0 Å². The third-order valence-electron chi connectivity index (χ3n) is 8.67. The van der Waals surface area contributed by atoms with Gasteiger partial charge in [-0.1, -0.05) is 0 Å². The number of hydrogen-bond acceptors (Lipinski definition) is 17. The van der Waals surface area contributed by atoms with Gasteiger partial charge in [0.2, 0.25) is 17.5 Å². The van der Waals surface area contributed by atoms with Crippen LogP contribution in [0.15, 0.2) is 39.5 Å². The summed E-state index contributed by atoms with van der Waals surface area (Å²) >= 11 is 0. The quantitative estimate of drug-likeness (QED) is 0.112. The van der Waals surface area contributed by atoms with E-state index in [-0.39, 0.29) is 46.8 Å². The van der Waals surface area contributed by atoms with Crippen LogP contribution in [0.2, 0.25) is 0 Å². The maximum absolute atomic E-state index is 13.4. The fraction of sp³-hybridized carbons (Fsp3) is 0.531. The molecule has 3 aromatic rings. The molecule has 2 fully saturated rings. The van der Waals surface area contributed by atoms with Crippen molar-refractivity contribution in [3.05, 3.63) is 46.1 Å². The molecule has 3 heterocycles. The van der Waals surface area contributed by atoms with Gasteiger partial charge >= 0.3 is 0 Å². The van der Waals surface area contributed by atoms with E-state index in [1.807, 2.05) is 0 Å². The third-order valence-corrected chi connectivity index (χ3v) is 8.67. The minimum Gasteiger partial charge on any atom is -0.508 e. The molecule has 0 spiro atoms. The summed E-state index contributed by atoms with van der Waals surface area (Å²) in [5, 5.41) is 112. The highest BCUT2D eigenvalue weighted by atomic mass is 16.7. The highest BCUT2D eigenvalue weighted by Gasteiger charge is 2.47. The molecule has 17 heteroatoms. The lowest BCUT2D eigenvalue weighted by Gasteiger charge is -2.42. The van der Waals surface area contributed by atoms with Gasteiger partial charge in [0.15, 0.2) is 12.1 Å². The molecular formula is C32H40O17. The molecule has 0 saturated carbocycles. The summed E-state index contributed by atoms with van der Waals surface area (Å²) in [5.74, 6) is -2.25. The number of rotatable bonds is 10. The summed E-state index contributed by atoms with van der Waals surface area (Å²) in [7, 11) is 0. The number of aromatic hydroxyl groups is 3. The van der Waals surface area contributed by atoms with Gasteiger partial charge in [-0.25, -0.2) is 0 Å². The highest BCUT2D eigenvalue weighted by molar-refractivity contribution is 5.91. The van der Waals surface area contributed by atoms with Gasteiger partial charge in [0.05, 0.1) is 18.8 Å². The molecule has 270 valence electrons. The normalized spacial score (nSPS) is 30.8. The van der Waals surface area contributed by atoms with E-state index in [0.29, 0.717) is 0 Å². The Morgan fingerprint density at radius 2 is 1.33 bits per heavy atom. The van der Waals surface area contributed by atoms with Gasteiger partial charge < -0.3 is 79.5 Å². The lowest BCUT2D eigenvalue weighted by molar-refractivity contribution is -0.323. The molecule has 2 aromatic carbocycles. The van der Waals surface area contributed by atoms with Crippen molar-refractivity contribution in [3.63, 3.8) is 0 Å². The predicted molar refractivity (Wildman–Crippen MR) is 165 cm³/mol. The van der Waals surface area contributed by atoms with E-state index in [9.17, 15) is 61.0 Å². The first-order valence-corrected chi connectivity index (χ1v) is 15.4. The average molecular weight is 697 g/mol. The molecular weight excluding hydrogens is 656 g/mol. The topological polar surface area (TPSA) is 290 Å². The van der Waals surface area contributed by atoms with Crippen LogP contribution in [0.5, 0.6) is 23.0 Å². The number of benzene rings is 2. The van der Waals surface area contributed by atoms with Gasteiger partial charge in [-0.2, -0.15) is 0 Å². The Bertz CT molecular complexity index is 1670. The van der Waals surface area contributed by atoms with Gasteiger partial charge in [-0.3, -0.25) is 4.79 Å². The lowest BCUT2D eigenvalue weighted by atomic mass is 9.94. The van der Waals surface area contributed by atoms with E-state index < -0.39 is 103 Å². The first-order valence-electron chi connectivity index (χ1n) is 15.4. The van der Waals surface area contributed by atoms with Gasteiger partial charge in [0, 0.05) is 17.2 Å². The maximum atomic E-state index is 13.4. The zero-order chi connectivity index (χ0) is 35.9. The average Bonchev–Trinajstić information content (AvgIpc) is 3.06. The summed E-state index contributed by atoms with van der Waals surface area (Å²) in [6.45, 7) is 1.73. The van der Waals surface area contributed by atoms with Crippen LogP contribution in [0.4, 0.5) is 0 Å². The molecule has 11 N–H and O–H groups in total. The van der Waals surface area contributed by atoms with Crippen molar-refractivity contribution in [2.75, 3.05) is 13.2 Å². The predicted octanol–water partition coefficient (Wildman–Crippen LogP) is -1.72. The van der Waals surface area contributed by atoms with Crippen molar-refractivity contribution in [3.8, 4) is 34.3 Å². The van der Waals surface area contributed by atoms with Gasteiger partial charge in [0.25, 0.3) is 0 Å². The number of phenolic OH excluding ortho intramolecular Hbond substituents is 2. The molecule has 49 heavy (non-hydrogen) atoms. The van der Waals surface area contributed by atoms with Gasteiger partial charge in [-0.15, -0.1) is 0 Å². The van der Waals surface area contributed by atoms with Crippen LogP contribution in [-0.4, -0.2) is 136 Å². The summed E-state index contributed by atoms with van der Waals surface area (Å²) in [6.07, 6.45) is -16.3. The molecule has 2 aliphatic heterocycles. The summed E-state index contributed by atoms with van der Waals surface area (Å²) in [4.78, 5) is 13.4. The molecule has 10 atom stereocenters. The number of fused-ring (bicyclic) bond motifs is 1. The van der Waals surface area contributed by atoms with E-state index in [2.05, 4.69) is 0 Å². The SMILES string of the molecule is CC(C)(CCc1c(O[C@@H]2O[C@H](CO)[C@@H](O)[C@H](O)[C@H]2O)cc(O)c2c(=O)c(O)c(-c3ccc(O)cc3)oc12)O[C@H]1O[C@@H](CO)[C@H](O)[C@@H](O)[C@@H]1O. The van der Waals surface area contributed by atoms with Crippen molar-refractivity contribution in [1.29, 1.82) is 0 Å². The number of aliphatic hydroxyl groups is 8. The van der Waals surface area contributed by atoms with E-state index in [1.54, 1.807) is 13.8 Å². The fourth-order valence-electron chi connectivity index (χ4n) is 5.77. The molecule has 2 saturated heterocycles. The van der Waals surface area contributed by atoms with Crippen LogP contribution in [-0.2, 0) is 20.6 Å². The number of phenols is 2. The zero-order valence-electron chi connectivity index (χ0n) is 26.4. The Hall–Kier alpha value is -3.59. The second-order valence-electron chi connectivity index (χ2n) is 12.6. The third kappa shape index (κ3) is 7.19. The highest BCUT2D eigenvalue weighted by Crippen LogP contribution is 2.41. The Morgan fingerprint density at radius 1 is 0.776 bits per heavy atom. The molecule has 17 nitrogen and oxygen atoms in total. The minimum absolute atomic E-state index is 0.00787. The molecule has 2 aliphatic rings. The Balaban J connectivity index is 1.57. The molecule has 0 amide bonds. The molecule has 0 aliphatic carbocycles. The first-order chi connectivity index (χ1) is 23.1. The van der Waals surface area contributed by atoms with Crippen molar-refractivity contribution >= 4 is 11.0 Å². The number of ether oxygens (including phenoxy) is 4. The van der Waals surface area contributed by atoms with E-state index >= 15 is 0 Å². The molecule has 0 unspecified atom stereocenters. The summed E-state index contributed by atoms with van der Waals surface area (Å²) in [5.41, 5.74) is -2.33. The first kappa shape index (κ1) is 36.7. The van der Waals surface area contributed by atoms with Crippen molar-refractivity contribution in [2.24, 2.45) is 0 Å². The molecule has 0 radical (unpaired) electrons. The van der Waals surface area contributed by atoms with Crippen LogP contribution in [0.3, 0.4) is 0 Å². The molecule has 5 rings (SSSR count). The molecule has 0 bridgehead atoms. The second kappa shape index (κ2) is 14.3. The lowest BCUT2D eigenvalue weighted by Crippen LogP contribution is -2.60. The Kier molecular flexibility index (Phi) is 10.7. The van der Waals surface area contributed by atoms with Crippen molar-refractivity contribution in [2.45, 2.75) is 93.7 Å². The maximum Gasteiger partial charge on any atom is 0.238 e. The van der Waals surface area contributed by atoms with E-state index in [1.165, 1.54) is 24.3 Å². The largest absolute Gasteiger partial charge is 0.508 e. The summed E-state index contributed by atoms with van der Waals surface area (Å²) < 4.78 is 28.8. The molecule has 1 aromatic heterocycles. The fourth-order valence-corrected chi connectivity index (χ4v) is 5.77.